The van der Waals surface area contributed by atoms with Crippen molar-refractivity contribution in [3.63, 3.8) is 0 Å². The van der Waals surface area contributed by atoms with E-state index in [2.05, 4.69) is 20.3 Å². The van der Waals surface area contributed by atoms with Gasteiger partial charge in [0.2, 0.25) is 5.95 Å². The van der Waals surface area contributed by atoms with Crippen LogP contribution in [0.1, 0.15) is 12.4 Å². The van der Waals surface area contributed by atoms with Crippen molar-refractivity contribution in [2.24, 2.45) is 0 Å². The highest BCUT2D eigenvalue weighted by atomic mass is 19.3. The zero-order chi connectivity index (χ0) is 17.9. The third-order valence-electron chi connectivity index (χ3n) is 4.01. The predicted octanol–water partition coefficient (Wildman–Crippen LogP) is 4.50. The molecule has 7 heteroatoms. The van der Waals surface area contributed by atoms with E-state index >= 15 is 0 Å². The molecule has 26 heavy (non-hydrogen) atoms. The molecule has 0 spiro atoms. The average Bonchev–Trinajstić information content (AvgIpc) is 3.15. The molecule has 0 bridgehead atoms. The van der Waals surface area contributed by atoms with Crippen molar-refractivity contribution in [2.75, 3.05) is 5.32 Å². The van der Waals surface area contributed by atoms with E-state index in [1.807, 2.05) is 54.6 Å². The summed E-state index contributed by atoms with van der Waals surface area (Å²) in [5.41, 5.74) is 2.53. The number of hydrogen-bond acceptors (Lipinski definition) is 4. The smallest absolute Gasteiger partial charge is 0.319 e. The summed E-state index contributed by atoms with van der Waals surface area (Å²) in [7, 11) is 0. The Balaban J connectivity index is 1.71. The minimum absolute atomic E-state index is 0.101. The number of nitrogens with zero attached hydrogens (tertiary/aromatic N) is 4. The molecule has 0 aliphatic carbocycles. The Labute approximate surface area is 148 Å². The number of imidazole rings is 1. The molecule has 0 unspecified atom stereocenters. The van der Waals surface area contributed by atoms with Crippen LogP contribution in [-0.2, 0) is 6.54 Å². The van der Waals surface area contributed by atoms with E-state index in [1.54, 1.807) is 0 Å². The van der Waals surface area contributed by atoms with Gasteiger partial charge in [-0.3, -0.25) is 4.57 Å². The second-order valence-electron chi connectivity index (χ2n) is 5.66. The molecular weight excluding hydrogens is 336 g/mol. The molecule has 1 N–H and O–H groups in total. The molecule has 0 amide bonds. The number of rotatable bonds is 5. The highest BCUT2D eigenvalue weighted by Crippen LogP contribution is 2.27. The van der Waals surface area contributed by atoms with Gasteiger partial charge in [0.25, 0.3) is 0 Å². The number of benzene rings is 2. The Morgan fingerprint density at radius 1 is 0.962 bits per heavy atom. The quantitative estimate of drug-likeness (QED) is 0.575. The Morgan fingerprint density at radius 2 is 1.73 bits per heavy atom. The number of fused-ring (bicyclic) bond motifs is 1. The maximum absolute atomic E-state index is 12.9. The van der Waals surface area contributed by atoms with Gasteiger partial charge in [0.1, 0.15) is 5.82 Å². The molecule has 130 valence electrons. The van der Waals surface area contributed by atoms with Crippen LogP contribution in [-0.4, -0.2) is 19.5 Å². The van der Waals surface area contributed by atoms with E-state index < -0.39 is 6.55 Å². The second kappa shape index (κ2) is 6.87. The van der Waals surface area contributed by atoms with E-state index in [4.69, 9.17) is 0 Å². The maximum Gasteiger partial charge on any atom is 0.319 e. The molecule has 0 atom stereocenters. The topological polar surface area (TPSA) is 55.6 Å². The first-order valence-electron chi connectivity index (χ1n) is 8.08. The molecule has 5 nitrogen and oxygen atoms in total. The van der Waals surface area contributed by atoms with Gasteiger partial charge >= 0.3 is 6.55 Å². The fraction of sp³-hybridized carbons (Fsp3) is 0.105. The first-order valence-corrected chi connectivity index (χ1v) is 8.08. The van der Waals surface area contributed by atoms with Crippen molar-refractivity contribution in [1.82, 2.24) is 19.5 Å². The van der Waals surface area contributed by atoms with Crippen LogP contribution in [0.2, 0.25) is 0 Å². The summed E-state index contributed by atoms with van der Waals surface area (Å²) in [5, 5.41) is 3.93. The SMILES string of the molecule is FC(F)n1ccnc1CNc1nc(-c2ccccc2)c2ccccc2n1. The average molecular weight is 351 g/mol. The number of aromatic nitrogens is 4. The molecule has 2 aromatic heterocycles. The molecule has 2 heterocycles. The zero-order valence-electron chi connectivity index (χ0n) is 13.7. The lowest BCUT2D eigenvalue weighted by Gasteiger charge is -2.11. The van der Waals surface area contributed by atoms with Gasteiger partial charge in [-0.25, -0.2) is 15.0 Å². The Bertz CT molecular complexity index is 1030. The van der Waals surface area contributed by atoms with Crippen LogP contribution in [0.4, 0.5) is 14.7 Å². The van der Waals surface area contributed by atoms with Crippen LogP contribution in [0.5, 0.6) is 0 Å². The van der Waals surface area contributed by atoms with Gasteiger partial charge in [0.05, 0.1) is 17.8 Å². The zero-order valence-corrected chi connectivity index (χ0v) is 13.7. The number of para-hydroxylation sites is 1. The fourth-order valence-electron chi connectivity index (χ4n) is 2.79. The molecular formula is C19H15F2N5. The molecule has 0 aliphatic heterocycles. The molecule has 0 aliphatic rings. The number of hydrogen-bond donors (Lipinski definition) is 1. The number of alkyl halides is 2. The van der Waals surface area contributed by atoms with E-state index in [1.165, 1.54) is 12.4 Å². The van der Waals surface area contributed by atoms with E-state index in [0.717, 1.165) is 26.7 Å². The van der Waals surface area contributed by atoms with E-state index in [9.17, 15) is 8.78 Å². The normalized spacial score (nSPS) is 11.2. The first kappa shape index (κ1) is 16.1. The monoisotopic (exact) mass is 351 g/mol. The van der Waals surface area contributed by atoms with Crippen molar-refractivity contribution in [3.05, 3.63) is 72.8 Å². The van der Waals surface area contributed by atoms with Crippen LogP contribution in [0.25, 0.3) is 22.2 Å². The van der Waals surface area contributed by atoms with E-state index in [0.29, 0.717) is 5.95 Å². The van der Waals surface area contributed by atoms with Crippen molar-refractivity contribution < 1.29 is 8.78 Å². The van der Waals surface area contributed by atoms with Gasteiger partial charge in [-0.05, 0) is 6.07 Å². The number of halogens is 2. The standard InChI is InChI=1S/C19H15F2N5/c20-18(21)26-11-10-22-16(26)12-23-19-24-15-9-5-4-8-14(15)17(25-19)13-6-2-1-3-7-13/h1-11,18H,12H2,(H,23,24,25). The fourth-order valence-corrected chi connectivity index (χ4v) is 2.79. The number of anilines is 1. The third-order valence-corrected chi connectivity index (χ3v) is 4.01. The summed E-state index contributed by atoms with van der Waals surface area (Å²) < 4.78 is 26.7. The molecule has 0 saturated heterocycles. The Hall–Kier alpha value is -3.35. The van der Waals surface area contributed by atoms with Gasteiger partial charge in [-0.1, -0.05) is 48.5 Å². The molecule has 0 fully saturated rings. The lowest BCUT2D eigenvalue weighted by molar-refractivity contribution is 0.0672. The minimum Gasteiger partial charge on any atom is -0.347 e. The van der Waals surface area contributed by atoms with Gasteiger partial charge in [-0.15, -0.1) is 0 Å². The number of nitrogens with one attached hydrogen (secondary N) is 1. The summed E-state index contributed by atoms with van der Waals surface area (Å²) in [6.07, 6.45) is 2.60. The maximum atomic E-state index is 12.9. The highest BCUT2D eigenvalue weighted by molar-refractivity contribution is 5.93. The molecule has 4 rings (SSSR count). The van der Waals surface area contributed by atoms with Crippen LogP contribution in [0, 0.1) is 0 Å². The second-order valence-corrected chi connectivity index (χ2v) is 5.66. The van der Waals surface area contributed by atoms with Crippen molar-refractivity contribution in [1.29, 1.82) is 0 Å². The van der Waals surface area contributed by atoms with Gasteiger partial charge < -0.3 is 5.32 Å². The summed E-state index contributed by atoms with van der Waals surface area (Å²) in [4.78, 5) is 13.0. The van der Waals surface area contributed by atoms with E-state index in [-0.39, 0.29) is 12.4 Å². The van der Waals surface area contributed by atoms with Crippen LogP contribution >= 0.6 is 0 Å². The van der Waals surface area contributed by atoms with Crippen molar-refractivity contribution in [2.45, 2.75) is 13.1 Å². The summed E-state index contributed by atoms with van der Waals surface area (Å²) in [6.45, 7) is -2.53. The van der Waals surface area contributed by atoms with Crippen LogP contribution < -0.4 is 5.32 Å². The predicted molar refractivity (Wildman–Crippen MR) is 95.8 cm³/mol. The summed E-state index contributed by atoms with van der Waals surface area (Å²) in [5.74, 6) is 0.587. The molecule has 2 aromatic carbocycles. The third kappa shape index (κ3) is 3.11. The molecule has 4 aromatic rings. The summed E-state index contributed by atoms with van der Waals surface area (Å²) >= 11 is 0. The van der Waals surface area contributed by atoms with Gasteiger partial charge in [0, 0.05) is 23.3 Å². The minimum atomic E-state index is -2.63. The molecule has 0 radical (unpaired) electrons. The van der Waals surface area contributed by atoms with Gasteiger partial charge in [0.15, 0.2) is 0 Å². The lowest BCUT2D eigenvalue weighted by Crippen LogP contribution is -2.11. The van der Waals surface area contributed by atoms with Gasteiger partial charge in [-0.2, -0.15) is 8.78 Å². The van der Waals surface area contributed by atoms with Crippen molar-refractivity contribution >= 4 is 16.9 Å². The largest absolute Gasteiger partial charge is 0.347 e. The van der Waals surface area contributed by atoms with Crippen molar-refractivity contribution in [3.8, 4) is 11.3 Å². The summed E-state index contributed by atoms with van der Waals surface area (Å²) in [6, 6.07) is 17.5. The Kier molecular flexibility index (Phi) is 4.27. The van der Waals surface area contributed by atoms with Crippen LogP contribution in [0.15, 0.2) is 67.0 Å². The Morgan fingerprint density at radius 3 is 2.54 bits per heavy atom. The first-order chi connectivity index (χ1) is 12.7. The lowest BCUT2D eigenvalue weighted by atomic mass is 10.1. The highest BCUT2D eigenvalue weighted by Gasteiger charge is 2.13. The van der Waals surface area contributed by atoms with Crippen LogP contribution in [0.3, 0.4) is 0 Å². The molecule has 0 saturated carbocycles.